The molecule has 11 heteroatoms. The molecule has 1 atom stereocenters. The quantitative estimate of drug-likeness (QED) is 0.314. The van der Waals surface area contributed by atoms with E-state index in [1.807, 2.05) is 68.4 Å². The zero-order valence-electron chi connectivity index (χ0n) is 21.8. The molecule has 0 aromatic heterocycles. The Bertz CT molecular complexity index is 1420. The van der Waals surface area contributed by atoms with Crippen LogP contribution >= 0.6 is 27.5 Å². The third-order valence-electron chi connectivity index (χ3n) is 5.81. The second-order valence-corrected chi connectivity index (χ2v) is 12.6. The van der Waals surface area contributed by atoms with Gasteiger partial charge in [-0.2, -0.15) is 0 Å². The lowest BCUT2D eigenvalue weighted by atomic mass is 10.0. The van der Waals surface area contributed by atoms with Crippen molar-refractivity contribution in [3.63, 3.8) is 0 Å². The monoisotopic (exact) mass is 637 g/mol. The molecular weight excluding hydrogens is 609 g/mol. The molecule has 0 bridgehead atoms. The van der Waals surface area contributed by atoms with Gasteiger partial charge in [0.2, 0.25) is 21.8 Å². The van der Waals surface area contributed by atoms with E-state index in [-0.39, 0.29) is 35.6 Å². The smallest absolute Gasteiger partial charge is 0.244 e. The van der Waals surface area contributed by atoms with Gasteiger partial charge in [-0.3, -0.25) is 13.9 Å². The topological polar surface area (TPSA) is 86.8 Å². The lowest BCUT2D eigenvalue weighted by Crippen LogP contribution is -2.54. The number of nitrogens with one attached hydrogen (secondary N) is 1. The van der Waals surface area contributed by atoms with Crippen LogP contribution < -0.4 is 9.62 Å². The Balaban J connectivity index is 2.07. The summed E-state index contributed by atoms with van der Waals surface area (Å²) in [5.74, 6) is -1.70. The Hall–Kier alpha value is -2.95. The maximum absolute atomic E-state index is 14.0. The Morgan fingerprint density at radius 3 is 2.26 bits per heavy atom. The van der Waals surface area contributed by atoms with Gasteiger partial charge in [0, 0.05) is 23.5 Å². The lowest BCUT2D eigenvalue weighted by molar-refractivity contribution is -0.140. The Morgan fingerprint density at radius 1 is 1.00 bits per heavy atom. The molecular formula is C28H30BrClFN3O4S. The number of hydrogen-bond donors (Lipinski definition) is 1. The standard InChI is InChI=1S/C28H30BrClFN3O4S/c1-19(2)32-28(36)26(15-20-8-5-4-6-9-20)33(17-21-10-7-11-22(29)14-21)27(35)18-34(39(3,37)38)23-12-13-25(31)24(30)16-23/h4-14,16,19,26H,15,17-18H2,1-3H3,(H,32,36). The molecule has 3 rings (SSSR count). The minimum absolute atomic E-state index is 0.0332. The molecule has 0 spiro atoms. The number of carbonyl (C=O) groups excluding carboxylic acids is 2. The Labute approximate surface area is 242 Å². The number of nitrogens with zero attached hydrogens (tertiary/aromatic N) is 2. The SMILES string of the molecule is CC(C)NC(=O)C(Cc1ccccc1)N(Cc1cccc(Br)c1)C(=O)CN(c1ccc(F)c(Cl)c1)S(C)(=O)=O. The van der Waals surface area contributed by atoms with Gasteiger partial charge in [0.25, 0.3) is 0 Å². The molecule has 3 aromatic carbocycles. The first-order valence-corrected chi connectivity index (χ1v) is 15.2. The van der Waals surface area contributed by atoms with Gasteiger partial charge in [-0.15, -0.1) is 0 Å². The first kappa shape index (κ1) is 30.6. The molecule has 0 saturated carbocycles. The van der Waals surface area contributed by atoms with E-state index in [1.54, 1.807) is 0 Å². The largest absolute Gasteiger partial charge is 0.352 e. The Morgan fingerprint density at radius 2 is 1.67 bits per heavy atom. The van der Waals surface area contributed by atoms with E-state index in [0.29, 0.717) is 0 Å². The van der Waals surface area contributed by atoms with Gasteiger partial charge in [0.05, 0.1) is 17.0 Å². The number of benzene rings is 3. The highest BCUT2D eigenvalue weighted by Crippen LogP contribution is 2.25. The summed E-state index contributed by atoms with van der Waals surface area (Å²) in [6.07, 6.45) is 1.16. The van der Waals surface area contributed by atoms with E-state index in [0.717, 1.165) is 38.3 Å². The normalized spacial score (nSPS) is 12.2. The van der Waals surface area contributed by atoms with E-state index in [1.165, 1.54) is 11.0 Å². The van der Waals surface area contributed by atoms with Crippen molar-refractivity contribution in [2.45, 2.75) is 38.9 Å². The van der Waals surface area contributed by atoms with Crippen molar-refractivity contribution in [2.24, 2.45) is 0 Å². The average Bonchev–Trinajstić information content (AvgIpc) is 2.86. The summed E-state index contributed by atoms with van der Waals surface area (Å²) in [5.41, 5.74) is 1.61. The van der Waals surface area contributed by atoms with Gasteiger partial charge in [-0.1, -0.05) is 70.0 Å². The van der Waals surface area contributed by atoms with Crippen LogP contribution in [0.25, 0.3) is 0 Å². The molecule has 0 aliphatic carbocycles. The van der Waals surface area contributed by atoms with Crippen LogP contribution in [0.4, 0.5) is 10.1 Å². The van der Waals surface area contributed by atoms with Crippen LogP contribution in [0, 0.1) is 5.82 Å². The zero-order valence-corrected chi connectivity index (χ0v) is 24.9. The van der Waals surface area contributed by atoms with Crippen LogP contribution in [0.3, 0.4) is 0 Å². The van der Waals surface area contributed by atoms with E-state index < -0.39 is 34.3 Å². The second-order valence-electron chi connectivity index (χ2n) is 9.39. The predicted molar refractivity (Wildman–Crippen MR) is 156 cm³/mol. The van der Waals surface area contributed by atoms with Crippen LogP contribution in [-0.2, 0) is 32.6 Å². The fourth-order valence-electron chi connectivity index (χ4n) is 4.02. The van der Waals surface area contributed by atoms with Gasteiger partial charge in [0.15, 0.2) is 0 Å². The molecule has 208 valence electrons. The maximum Gasteiger partial charge on any atom is 0.244 e. The molecule has 0 fully saturated rings. The number of rotatable bonds is 11. The Kier molecular flexibility index (Phi) is 10.5. The van der Waals surface area contributed by atoms with Crippen molar-refractivity contribution >= 4 is 55.1 Å². The molecule has 7 nitrogen and oxygen atoms in total. The van der Waals surface area contributed by atoms with Crippen molar-refractivity contribution in [1.82, 2.24) is 10.2 Å². The fraction of sp³-hybridized carbons (Fsp3) is 0.286. The number of sulfonamides is 1. The molecule has 0 saturated heterocycles. The number of hydrogen-bond acceptors (Lipinski definition) is 4. The first-order valence-electron chi connectivity index (χ1n) is 12.2. The van der Waals surface area contributed by atoms with Gasteiger partial charge >= 0.3 is 0 Å². The summed E-state index contributed by atoms with van der Waals surface area (Å²) in [5, 5.41) is 2.61. The van der Waals surface area contributed by atoms with Crippen LogP contribution in [-0.4, -0.2) is 50.0 Å². The minimum Gasteiger partial charge on any atom is -0.352 e. The third kappa shape index (κ3) is 8.78. The van der Waals surface area contributed by atoms with Crippen molar-refractivity contribution in [2.75, 3.05) is 17.1 Å². The second kappa shape index (κ2) is 13.4. The predicted octanol–water partition coefficient (Wildman–Crippen LogP) is 5.17. The highest BCUT2D eigenvalue weighted by molar-refractivity contribution is 9.10. The van der Waals surface area contributed by atoms with E-state index in [9.17, 15) is 22.4 Å². The number of carbonyl (C=O) groups is 2. The summed E-state index contributed by atoms with van der Waals surface area (Å²) >= 11 is 9.35. The van der Waals surface area contributed by atoms with Gasteiger partial charge in [-0.25, -0.2) is 12.8 Å². The summed E-state index contributed by atoms with van der Waals surface area (Å²) in [6, 6.07) is 18.9. The molecule has 2 amide bonds. The average molecular weight is 639 g/mol. The number of anilines is 1. The molecule has 1 unspecified atom stereocenters. The molecule has 0 aliphatic heterocycles. The van der Waals surface area contributed by atoms with Gasteiger partial charge < -0.3 is 10.2 Å². The van der Waals surface area contributed by atoms with E-state index >= 15 is 0 Å². The summed E-state index contributed by atoms with van der Waals surface area (Å²) in [7, 11) is -3.98. The molecule has 0 heterocycles. The molecule has 0 aliphatic rings. The minimum atomic E-state index is -3.98. The lowest BCUT2D eigenvalue weighted by Gasteiger charge is -2.34. The highest BCUT2D eigenvalue weighted by Gasteiger charge is 2.33. The van der Waals surface area contributed by atoms with Crippen molar-refractivity contribution in [3.05, 3.63) is 99.2 Å². The van der Waals surface area contributed by atoms with Gasteiger partial charge in [0.1, 0.15) is 18.4 Å². The summed E-state index contributed by atoms with van der Waals surface area (Å²) < 4.78 is 41.0. The first-order chi connectivity index (χ1) is 18.3. The number of amides is 2. The molecule has 0 radical (unpaired) electrons. The van der Waals surface area contributed by atoms with Crippen molar-refractivity contribution < 1.29 is 22.4 Å². The maximum atomic E-state index is 14.0. The molecule has 3 aromatic rings. The van der Waals surface area contributed by atoms with Crippen molar-refractivity contribution in [3.8, 4) is 0 Å². The summed E-state index contributed by atoms with van der Waals surface area (Å²) in [4.78, 5) is 28.8. The van der Waals surface area contributed by atoms with E-state index in [4.69, 9.17) is 11.6 Å². The number of halogens is 3. The third-order valence-corrected chi connectivity index (χ3v) is 7.74. The van der Waals surface area contributed by atoms with Crippen LogP contribution in [0.2, 0.25) is 5.02 Å². The zero-order chi connectivity index (χ0) is 28.7. The van der Waals surface area contributed by atoms with E-state index in [2.05, 4.69) is 21.2 Å². The molecule has 1 N–H and O–H groups in total. The van der Waals surface area contributed by atoms with Crippen LogP contribution in [0.1, 0.15) is 25.0 Å². The van der Waals surface area contributed by atoms with Crippen LogP contribution in [0.5, 0.6) is 0 Å². The highest BCUT2D eigenvalue weighted by atomic mass is 79.9. The fourth-order valence-corrected chi connectivity index (χ4v) is 5.48. The van der Waals surface area contributed by atoms with Gasteiger partial charge in [-0.05, 0) is 55.3 Å². The van der Waals surface area contributed by atoms with Crippen LogP contribution in [0.15, 0.2) is 77.3 Å². The van der Waals surface area contributed by atoms with Crippen molar-refractivity contribution in [1.29, 1.82) is 0 Å². The summed E-state index contributed by atoms with van der Waals surface area (Å²) in [6.45, 7) is 3.07. The molecule has 39 heavy (non-hydrogen) atoms.